The second-order valence-corrected chi connectivity index (χ2v) is 9.77. The van der Waals surface area contributed by atoms with E-state index in [1.165, 1.54) is 11.1 Å². The molecule has 5 rings (SSSR count). The fourth-order valence-electron chi connectivity index (χ4n) is 5.00. The summed E-state index contributed by atoms with van der Waals surface area (Å²) in [5, 5.41) is 0. The molecule has 1 amide bonds. The number of aryl methyl sites for hydroxylation is 1. The molecular formula is C29H36N6O. The van der Waals surface area contributed by atoms with Crippen molar-refractivity contribution in [2.45, 2.75) is 20.4 Å². The highest BCUT2D eigenvalue weighted by Crippen LogP contribution is 2.25. The van der Waals surface area contributed by atoms with Gasteiger partial charge in [-0.2, -0.15) is 0 Å². The molecule has 0 N–H and O–H groups in total. The summed E-state index contributed by atoms with van der Waals surface area (Å²) in [5.41, 5.74) is 4.18. The first-order chi connectivity index (χ1) is 17.6. The molecule has 0 aliphatic carbocycles. The quantitative estimate of drug-likeness (QED) is 0.533. The Kier molecular flexibility index (Phi) is 7.58. The van der Waals surface area contributed by atoms with Crippen LogP contribution in [-0.2, 0) is 6.54 Å². The molecule has 2 aliphatic rings. The minimum Gasteiger partial charge on any atom is -0.353 e. The number of carbonyl (C=O) groups is 1. The van der Waals surface area contributed by atoms with E-state index >= 15 is 0 Å². The molecule has 7 nitrogen and oxygen atoms in total. The lowest BCUT2D eigenvalue weighted by molar-refractivity contribution is 0.0628. The molecule has 3 heterocycles. The van der Waals surface area contributed by atoms with Crippen LogP contribution in [0.4, 0.5) is 5.82 Å². The predicted octanol–water partition coefficient (Wildman–Crippen LogP) is 3.55. The molecule has 2 aliphatic heterocycles. The molecule has 7 heteroatoms. The van der Waals surface area contributed by atoms with Crippen molar-refractivity contribution in [2.75, 3.05) is 63.8 Å². The first kappa shape index (κ1) is 24.4. The summed E-state index contributed by atoms with van der Waals surface area (Å²) < 4.78 is 0. The van der Waals surface area contributed by atoms with E-state index in [2.05, 4.69) is 57.8 Å². The van der Waals surface area contributed by atoms with Gasteiger partial charge in [0.25, 0.3) is 5.91 Å². The van der Waals surface area contributed by atoms with Crippen LogP contribution in [0.25, 0.3) is 11.4 Å². The Bertz CT molecular complexity index is 1150. The molecule has 36 heavy (non-hydrogen) atoms. The second-order valence-electron chi connectivity index (χ2n) is 9.77. The largest absolute Gasteiger partial charge is 0.353 e. The third-order valence-corrected chi connectivity index (χ3v) is 7.34. The zero-order valence-electron chi connectivity index (χ0n) is 21.4. The Morgan fingerprint density at radius 2 is 1.50 bits per heavy atom. The number of benzene rings is 2. The van der Waals surface area contributed by atoms with Gasteiger partial charge < -0.3 is 14.7 Å². The maximum Gasteiger partial charge on any atom is 0.259 e. The average molecular weight is 485 g/mol. The molecule has 0 spiro atoms. The van der Waals surface area contributed by atoms with Gasteiger partial charge in [0, 0.05) is 70.7 Å². The Labute approximate surface area is 214 Å². The van der Waals surface area contributed by atoms with Crippen molar-refractivity contribution in [1.82, 2.24) is 24.7 Å². The van der Waals surface area contributed by atoms with Gasteiger partial charge in [-0.3, -0.25) is 9.69 Å². The van der Waals surface area contributed by atoms with Crippen molar-refractivity contribution >= 4 is 11.7 Å². The van der Waals surface area contributed by atoms with Gasteiger partial charge >= 0.3 is 0 Å². The van der Waals surface area contributed by atoms with Crippen LogP contribution in [0.3, 0.4) is 0 Å². The standard InChI is InChI=1S/C29H36N6O/c1-3-32-13-17-34(18-14-32)28-26(21-30-27(31-28)25-7-5-4-6-8-25)29(36)35-19-15-33(16-20-35)22-24-11-9-23(2)10-12-24/h4-12,21H,3,13-20,22H2,1-2H3. The highest BCUT2D eigenvalue weighted by atomic mass is 16.2. The van der Waals surface area contributed by atoms with Crippen molar-refractivity contribution in [2.24, 2.45) is 0 Å². The summed E-state index contributed by atoms with van der Waals surface area (Å²) in [6.45, 7) is 13.1. The van der Waals surface area contributed by atoms with Crippen LogP contribution in [0.5, 0.6) is 0 Å². The fourth-order valence-corrected chi connectivity index (χ4v) is 5.00. The Morgan fingerprint density at radius 1 is 0.833 bits per heavy atom. The zero-order valence-corrected chi connectivity index (χ0v) is 21.4. The molecule has 1 aromatic heterocycles. The Morgan fingerprint density at radius 3 is 2.17 bits per heavy atom. The molecule has 188 valence electrons. The third-order valence-electron chi connectivity index (χ3n) is 7.34. The highest BCUT2D eigenvalue weighted by molar-refractivity contribution is 5.99. The number of amides is 1. The van der Waals surface area contributed by atoms with Gasteiger partial charge in [-0.15, -0.1) is 0 Å². The van der Waals surface area contributed by atoms with Gasteiger partial charge in [0.05, 0.1) is 0 Å². The van der Waals surface area contributed by atoms with E-state index in [9.17, 15) is 4.79 Å². The van der Waals surface area contributed by atoms with Crippen molar-refractivity contribution in [3.63, 3.8) is 0 Å². The highest BCUT2D eigenvalue weighted by Gasteiger charge is 2.28. The van der Waals surface area contributed by atoms with Crippen molar-refractivity contribution in [3.8, 4) is 11.4 Å². The minimum atomic E-state index is 0.0394. The summed E-state index contributed by atoms with van der Waals surface area (Å²) >= 11 is 0. The number of anilines is 1. The lowest BCUT2D eigenvalue weighted by Crippen LogP contribution is -2.49. The maximum absolute atomic E-state index is 13.7. The lowest BCUT2D eigenvalue weighted by Gasteiger charge is -2.37. The van der Waals surface area contributed by atoms with E-state index in [4.69, 9.17) is 4.98 Å². The maximum atomic E-state index is 13.7. The van der Waals surface area contributed by atoms with Crippen LogP contribution >= 0.6 is 0 Å². The van der Waals surface area contributed by atoms with Crippen molar-refractivity contribution in [3.05, 3.63) is 77.5 Å². The minimum absolute atomic E-state index is 0.0394. The van der Waals surface area contributed by atoms with E-state index in [1.807, 2.05) is 35.2 Å². The normalized spacial score (nSPS) is 17.4. The number of likely N-dealkylation sites (N-methyl/N-ethyl adjacent to an activating group) is 1. The van der Waals surface area contributed by atoms with Crippen LogP contribution in [0, 0.1) is 6.92 Å². The van der Waals surface area contributed by atoms with E-state index in [0.29, 0.717) is 24.5 Å². The molecule has 2 fully saturated rings. The molecule has 0 bridgehead atoms. The lowest BCUT2D eigenvalue weighted by atomic mass is 10.1. The van der Waals surface area contributed by atoms with E-state index in [1.54, 1.807) is 6.20 Å². The van der Waals surface area contributed by atoms with E-state index in [-0.39, 0.29) is 5.91 Å². The zero-order chi connectivity index (χ0) is 24.9. The van der Waals surface area contributed by atoms with Crippen LogP contribution in [0.1, 0.15) is 28.4 Å². The SMILES string of the molecule is CCN1CCN(c2nc(-c3ccccc3)ncc2C(=O)N2CCN(Cc3ccc(C)cc3)CC2)CC1. The fraction of sp³-hybridized carbons (Fsp3) is 0.414. The molecule has 3 aromatic rings. The average Bonchev–Trinajstić information content (AvgIpc) is 2.94. The molecule has 0 radical (unpaired) electrons. The van der Waals surface area contributed by atoms with Gasteiger partial charge in [0.15, 0.2) is 5.82 Å². The predicted molar refractivity (Wildman–Crippen MR) is 144 cm³/mol. The Hall–Kier alpha value is -3.29. The number of rotatable bonds is 6. The first-order valence-corrected chi connectivity index (χ1v) is 13.1. The molecule has 0 unspecified atom stereocenters. The summed E-state index contributed by atoms with van der Waals surface area (Å²) in [4.78, 5) is 32.4. The summed E-state index contributed by atoms with van der Waals surface area (Å²) in [6, 6.07) is 18.7. The summed E-state index contributed by atoms with van der Waals surface area (Å²) in [6.07, 6.45) is 1.75. The molecule has 2 saturated heterocycles. The van der Waals surface area contributed by atoms with Crippen LogP contribution < -0.4 is 4.90 Å². The summed E-state index contributed by atoms with van der Waals surface area (Å²) in [5.74, 6) is 1.48. The number of nitrogens with zero attached hydrogens (tertiary/aromatic N) is 6. The number of hydrogen-bond donors (Lipinski definition) is 0. The van der Waals surface area contributed by atoms with E-state index < -0.39 is 0 Å². The van der Waals surface area contributed by atoms with Crippen molar-refractivity contribution in [1.29, 1.82) is 0 Å². The smallest absolute Gasteiger partial charge is 0.259 e. The van der Waals surface area contributed by atoms with Crippen LogP contribution in [0.2, 0.25) is 0 Å². The van der Waals surface area contributed by atoms with Crippen LogP contribution in [0.15, 0.2) is 60.8 Å². The number of piperazine rings is 2. The van der Waals surface area contributed by atoms with Gasteiger partial charge in [-0.05, 0) is 19.0 Å². The van der Waals surface area contributed by atoms with E-state index in [0.717, 1.165) is 63.7 Å². The molecular weight excluding hydrogens is 448 g/mol. The van der Waals surface area contributed by atoms with Gasteiger partial charge in [0.1, 0.15) is 11.4 Å². The topological polar surface area (TPSA) is 55.8 Å². The summed E-state index contributed by atoms with van der Waals surface area (Å²) in [7, 11) is 0. The van der Waals surface area contributed by atoms with Gasteiger partial charge in [0.2, 0.25) is 0 Å². The molecule has 2 aromatic carbocycles. The van der Waals surface area contributed by atoms with Gasteiger partial charge in [-0.1, -0.05) is 67.1 Å². The monoisotopic (exact) mass is 484 g/mol. The Balaban J connectivity index is 1.32. The second kappa shape index (κ2) is 11.2. The third kappa shape index (κ3) is 5.58. The number of carbonyl (C=O) groups excluding carboxylic acids is 1. The first-order valence-electron chi connectivity index (χ1n) is 13.1. The van der Waals surface area contributed by atoms with Gasteiger partial charge in [-0.25, -0.2) is 9.97 Å². The van der Waals surface area contributed by atoms with Crippen LogP contribution in [-0.4, -0.2) is 89.5 Å². The number of aromatic nitrogens is 2. The number of hydrogen-bond acceptors (Lipinski definition) is 6. The molecule has 0 atom stereocenters. The molecule has 0 saturated carbocycles. The van der Waals surface area contributed by atoms with Crippen molar-refractivity contribution < 1.29 is 4.79 Å².